The zero-order valence-electron chi connectivity index (χ0n) is 16.5. The lowest BCUT2D eigenvalue weighted by molar-refractivity contribution is -0.135. The number of nitrogens with one attached hydrogen (secondary N) is 1. The summed E-state index contributed by atoms with van der Waals surface area (Å²) in [6, 6.07) is 7.33. The molecule has 1 aromatic carbocycles. The number of fused-ring (bicyclic) bond motifs is 1. The summed E-state index contributed by atoms with van der Waals surface area (Å²) in [5.74, 6) is -2.11. The first-order chi connectivity index (χ1) is 13.5. The number of rotatable bonds is 12. The van der Waals surface area contributed by atoms with Crippen molar-refractivity contribution in [2.45, 2.75) is 64.7 Å². The van der Waals surface area contributed by atoms with E-state index in [0.717, 1.165) is 18.2 Å². The first-order valence-corrected chi connectivity index (χ1v) is 10.1. The molecular formula is C22H30N2O4. The second-order valence-electron chi connectivity index (χ2n) is 7.18. The molecule has 0 bridgehead atoms. The van der Waals surface area contributed by atoms with Crippen LogP contribution < -0.4 is 5.32 Å². The molecule has 0 saturated carbocycles. The summed E-state index contributed by atoms with van der Waals surface area (Å²) >= 11 is 0. The molecule has 1 aromatic heterocycles. The van der Waals surface area contributed by atoms with Crippen LogP contribution in [0, 0.1) is 0 Å². The van der Waals surface area contributed by atoms with Gasteiger partial charge in [-0.05, 0) is 36.6 Å². The zero-order chi connectivity index (χ0) is 20.4. The first-order valence-electron chi connectivity index (χ1n) is 10.1. The molecule has 0 spiro atoms. The summed E-state index contributed by atoms with van der Waals surface area (Å²) in [7, 11) is 0. The normalized spacial score (nSPS) is 10.9. The minimum absolute atomic E-state index is 0.162. The second-order valence-corrected chi connectivity index (χ2v) is 7.18. The number of aromatic nitrogens is 1. The van der Waals surface area contributed by atoms with Gasteiger partial charge in [-0.2, -0.15) is 0 Å². The van der Waals surface area contributed by atoms with Crippen LogP contribution in [-0.2, 0) is 11.2 Å². The van der Waals surface area contributed by atoms with Crippen molar-refractivity contribution in [2.75, 3.05) is 6.54 Å². The van der Waals surface area contributed by atoms with E-state index in [4.69, 9.17) is 5.11 Å². The number of carboxylic acid groups (broad SMARTS) is 1. The third-order valence-corrected chi connectivity index (χ3v) is 4.79. The third-order valence-electron chi connectivity index (χ3n) is 4.79. The molecule has 0 unspecified atom stereocenters. The Morgan fingerprint density at radius 2 is 1.68 bits per heavy atom. The van der Waals surface area contributed by atoms with Crippen LogP contribution in [0.15, 0.2) is 24.3 Å². The van der Waals surface area contributed by atoms with Crippen molar-refractivity contribution in [1.29, 1.82) is 0 Å². The van der Waals surface area contributed by atoms with Gasteiger partial charge in [0.25, 0.3) is 5.91 Å². The molecule has 3 N–H and O–H groups in total. The molecule has 2 aromatic rings. The fourth-order valence-corrected chi connectivity index (χ4v) is 3.24. The smallest absolute Gasteiger partial charge is 0.322 e. The van der Waals surface area contributed by atoms with Crippen molar-refractivity contribution < 1.29 is 19.8 Å². The van der Waals surface area contributed by atoms with Gasteiger partial charge in [0.1, 0.15) is 12.3 Å². The predicted molar refractivity (Wildman–Crippen MR) is 110 cm³/mol. The van der Waals surface area contributed by atoms with Crippen LogP contribution in [0.3, 0.4) is 0 Å². The van der Waals surface area contributed by atoms with Crippen LogP contribution in [0.1, 0.15) is 74.3 Å². The number of carbonyl (C=O) groups excluding carboxylic acids is 1. The number of aliphatic carboxylic acids is 1. The number of pyridine rings is 1. The van der Waals surface area contributed by atoms with Crippen LogP contribution in [0.2, 0.25) is 0 Å². The average Bonchev–Trinajstić information content (AvgIpc) is 2.67. The Morgan fingerprint density at radius 3 is 2.36 bits per heavy atom. The quantitative estimate of drug-likeness (QED) is 0.468. The van der Waals surface area contributed by atoms with Crippen LogP contribution in [0.4, 0.5) is 0 Å². The number of aromatic hydroxyl groups is 1. The van der Waals surface area contributed by atoms with E-state index in [1.807, 2.05) is 18.2 Å². The number of unbranched alkanes of at least 4 members (excludes halogenated alkanes) is 7. The molecule has 0 atom stereocenters. The lowest BCUT2D eigenvalue weighted by Gasteiger charge is -2.08. The van der Waals surface area contributed by atoms with Gasteiger partial charge in [-0.25, -0.2) is 4.98 Å². The third kappa shape index (κ3) is 6.83. The van der Waals surface area contributed by atoms with Gasteiger partial charge in [0, 0.05) is 5.39 Å². The number of nitrogens with zero attached hydrogens (tertiary/aromatic N) is 1. The highest BCUT2D eigenvalue weighted by Crippen LogP contribution is 2.24. The van der Waals surface area contributed by atoms with Crippen molar-refractivity contribution >= 4 is 22.8 Å². The summed E-state index contributed by atoms with van der Waals surface area (Å²) in [5, 5.41) is 21.7. The van der Waals surface area contributed by atoms with Crippen molar-refractivity contribution in [3.63, 3.8) is 0 Å². The van der Waals surface area contributed by atoms with Crippen molar-refractivity contribution in [3.8, 4) is 5.75 Å². The van der Waals surface area contributed by atoms with Gasteiger partial charge in [-0.15, -0.1) is 0 Å². The van der Waals surface area contributed by atoms with Crippen LogP contribution in [-0.4, -0.2) is 33.6 Å². The van der Waals surface area contributed by atoms with Gasteiger partial charge in [-0.3, -0.25) is 9.59 Å². The average molecular weight is 386 g/mol. The molecule has 0 fully saturated rings. The van der Waals surface area contributed by atoms with Gasteiger partial charge in [0.05, 0.1) is 5.52 Å². The number of amides is 1. The summed E-state index contributed by atoms with van der Waals surface area (Å²) in [4.78, 5) is 26.7. The van der Waals surface area contributed by atoms with E-state index < -0.39 is 18.4 Å². The molecule has 28 heavy (non-hydrogen) atoms. The molecule has 1 heterocycles. The highest BCUT2D eigenvalue weighted by molar-refractivity contribution is 5.99. The minimum atomic E-state index is -1.15. The Balaban J connectivity index is 1.90. The zero-order valence-corrected chi connectivity index (χ0v) is 16.5. The number of hydrogen-bond acceptors (Lipinski definition) is 4. The lowest BCUT2D eigenvalue weighted by Crippen LogP contribution is -2.29. The Morgan fingerprint density at radius 1 is 1.00 bits per heavy atom. The maximum atomic E-state index is 12.0. The number of carboxylic acids is 1. The number of aryl methyl sites for hydroxylation is 1. The molecule has 6 nitrogen and oxygen atoms in total. The predicted octanol–water partition coefficient (Wildman–Crippen LogP) is 4.44. The van der Waals surface area contributed by atoms with E-state index in [9.17, 15) is 14.7 Å². The van der Waals surface area contributed by atoms with E-state index >= 15 is 0 Å². The van der Waals surface area contributed by atoms with Crippen molar-refractivity contribution in [1.82, 2.24) is 10.3 Å². The Kier molecular flexibility index (Phi) is 8.72. The fourth-order valence-electron chi connectivity index (χ4n) is 3.24. The Bertz CT molecular complexity index is 804. The lowest BCUT2D eigenvalue weighted by atomic mass is 10.0. The van der Waals surface area contributed by atoms with E-state index in [-0.39, 0.29) is 11.4 Å². The molecule has 152 valence electrons. The van der Waals surface area contributed by atoms with E-state index in [0.29, 0.717) is 5.52 Å². The fraction of sp³-hybridized carbons (Fsp3) is 0.500. The topological polar surface area (TPSA) is 99.5 Å². The van der Waals surface area contributed by atoms with Crippen LogP contribution in [0.5, 0.6) is 5.75 Å². The molecule has 2 rings (SSSR count). The van der Waals surface area contributed by atoms with Crippen LogP contribution in [0.25, 0.3) is 10.9 Å². The summed E-state index contributed by atoms with van der Waals surface area (Å²) in [6.45, 7) is 1.71. The summed E-state index contributed by atoms with van der Waals surface area (Å²) < 4.78 is 0. The van der Waals surface area contributed by atoms with E-state index in [2.05, 4.69) is 17.2 Å². The van der Waals surface area contributed by atoms with Gasteiger partial charge < -0.3 is 15.5 Å². The molecule has 0 aliphatic carbocycles. The maximum absolute atomic E-state index is 12.0. The molecule has 1 amide bonds. The van der Waals surface area contributed by atoms with Gasteiger partial charge in [0.15, 0.2) is 5.69 Å². The maximum Gasteiger partial charge on any atom is 0.322 e. The highest BCUT2D eigenvalue weighted by Gasteiger charge is 2.15. The second kappa shape index (κ2) is 11.3. The summed E-state index contributed by atoms with van der Waals surface area (Å²) in [6.07, 6.45) is 11.2. The molecule has 0 saturated heterocycles. The van der Waals surface area contributed by atoms with Gasteiger partial charge in [-0.1, -0.05) is 57.9 Å². The molecular weight excluding hydrogens is 356 g/mol. The standard InChI is InChI=1S/C22H30N2O4/c1-2-3-4-5-6-7-8-9-10-16-11-12-18-17(13-16)14-19(25)21(24-18)22(28)23-15-20(26)27/h11-14,25H,2-10,15H2,1H3,(H,23,28)(H,26,27). The SMILES string of the molecule is CCCCCCCCCCc1ccc2nc(C(=O)NCC(=O)O)c(O)cc2c1. The molecule has 0 aliphatic heterocycles. The Hall–Kier alpha value is -2.63. The van der Waals surface area contributed by atoms with Gasteiger partial charge in [0.2, 0.25) is 0 Å². The monoisotopic (exact) mass is 386 g/mol. The van der Waals surface area contributed by atoms with Crippen molar-refractivity contribution in [2.24, 2.45) is 0 Å². The van der Waals surface area contributed by atoms with Gasteiger partial charge >= 0.3 is 5.97 Å². The highest BCUT2D eigenvalue weighted by atomic mass is 16.4. The first kappa shape index (κ1) is 21.7. The molecule has 0 aliphatic rings. The van der Waals surface area contributed by atoms with Crippen molar-refractivity contribution in [3.05, 3.63) is 35.5 Å². The largest absolute Gasteiger partial charge is 0.505 e. The number of benzene rings is 1. The van der Waals surface area contributed by atoms with E-state index in [1.165, 1.54) is 56.6 Å². The van der Waals surface area contributed by atoms with E-state index in [1.54, 1.807) is 0 Å². The summed E-state index contributed by atoms with van der Waals surface area (Å²) in [5.41, 5.74) is 1.62. The number of carbonyl (C=O) groups is 2. The van der Waals surface area contributed by atoms with Crippen LogP contribution >= 0.6 is 0 Å². The molecule has 6 heteroatoms. The molecule has 0 radical (unpaired) electrons. The number of hydrogen-bond donors (Lipinski definition) is 3. The minimum Gasteiger partial charge on any atom is -0.505 e. The Labute approximate surface area is 166 Å².